The molecule has 0 N–H and O–H groups in total. The average molecular weight is 460 g/mol. The first-order chi connectivity index (χ1) is 15.4. The third kappa shape index (κ3) is 4.67. The van der Waals surface area contributed by atoms with E-state index in [1.165, 1.54) is 24.7 Å². The number of piperidine rings is 1. The molecule has 32 heavy (non-hydrogen) atoms. The quantitative estimate of drug-likeness (QED) is 0.552. The van der Waals surface area contributed by atoms with E-state index in [0.717, 1.165) is 6.42 Å². The standard InChI is InChI=1S/C21H25N5O5S/c1-3-12-30-21(27)25-10-8-16(9-11-25)31-20-18-13-24-26(19(18)22-14-23-20)15-4-6-17(7-5-15)32(2,28)29/h4-7,13-14,16H,3,8-12H2,1-2H3. The molecule has 170 valence electrons. The first kappa shape index (κ1) is 22.0. The topological polar surface area (TPSA) is 117 Å². The highest BCUT2D eigenvalue weighted by Crippen LogP contribution is 2.26. The molecule has 0 spiro atoms. The summed E-state index contributed by atoms with van der Waals surface area (Å²) in [5.41, 5.74) is 1.23. The van der Waals surface area contributed by atoms with Gasteiger partial charge < -0.3 is 14.4 Å². The predicted octanol–water partition coefficient (Wildman–Crippen LogP) is 2.61. The maximum Gasteiger partial charge on any atom is 0.409 e. The van der Waals surface area contributed by atoms with Crippen LogP contribution >= 0.6 is 0 Å². The summed E-state index contributed by atoms with van der Waals surface area (Å²) in [5.74, 6) is 0.431. The molecule has 1 amide bonds. The van der Waals surface area contributed by atoms with Crippen LogP contribution in [0.3, 0.4) is 0 Å². The summed E-state index contributed by atoms with van der Waals surface area (Å²) >= 11 is 0. The lowest BCUT2D eigenvalue weighted by Crippen LogP contribution is -2.42. The third-order valence-electron chi connectivity index (χ3n) is 5.25. The van der Waals surface area contributed by atoms with Gasteiger partial charge in [0, 0.05) is 32.2 Å². The van der Waals surface area contributed by atoms with Gasteiger partial charge >= 0.3 is 6.09 Å². The predicted molar refractivity (Wildman–Crippen MR) is 117 cm³/mol. The van der Waals surface area contributed by atoms with Gasteiger partial charge in [0.15, 0.2) is 15.5 Å². The summed E-state index contributed by atoms with van der Waals surface area (Å²) in [6.07, 6.45) is 6.00. The number of hydrogen-bond donors (Lipinski definition) is 0. The molecule has 0 atom stereocenters. The van der Waals surface area contributed by atoms with Gasteiger partial charge in [0.2, 0.25) is 5.88 Å². The Hall–Kier alpha value is -3.21. The Morgan fingerprint density at radius 2 is 1.88 bits per heavy atom. The molecule has 1 aliphatic heterocycles. The lowest BCUT2D eigenvalue weighted by Gasteiger charge is -2.31. The molecule has 1 aromatic carbocycles. The largest absolute Gasteiger partial charge is 0.474 e. The van der Waals surface area contributed by atoms with Crippen LogP contribution < -0.4 is 4.74 Å². The van der Waals surface area contributed by atoms with Crippen molar-refractivity contribution in [2.75, 3.05) is 26.0 Å². The van der Waals surface area contributed by atoms with Gasteiger partial charge in [-0.2, -0.15) is 5.10 Å². The smallest absolute Gasteiger partial charge is 0.409 e. The molecule has 10 nitrogen and oxygen atoms in total. The van der Waals surface area contributed by atoms with E-state index in [2.05, 4.69) is 15.1 Å². The van der Waals surface area contributed by atoms with Crippen molar-refractivity contribution in [2.24, 2.45) is 0 Å². The number of amides is 1. The summed E-state index contributed by atoms with van der Waals surface area (Å²) in [6, 6.07) is 6.43. The second-order valence-electron chi connectivity index (χ2n) is 7.66. The molecule has 3 aromatic rings. The van der Waals surface area contributed by atoms with Crippen LogP contribution in [0.4, 0.5) is 4.79 Å². The fourth-order valence-electron chi connectivity index (χ4n) is 3.53. The van der Waals surface area contributed by atoms with Gasteiger partial charge in [-0.1, -0.05) is 6.92 Å². The number of fused-ring (bicyclic) bond motifs is 1. The Kier molecular flexibility index (Phi) is 6.26. The minimum Gasteiger partial charge on any atom is -0.474 e. The highest BCUT2D eigenvalue weighted by atomic mass is 32.2. The zero-order valence-electron chi connectivity index (χ0n) is 18.0. The maximum absolute atomic E-state index is 12.0. The molecule has 1 aliphatic rings. The molecule has 0 aliphatic carbocycles. The molecule has 0 bridgehead atoms. The minimum atomic E-state index is -3.28. The van der Waals surface area contributed by atoms with Gasteiger partial charge in [0.25, 0.3) is 0 Å². The van der Waals surface area contributed by atoms with Crippen LogP contribution in [0.2, 0.25) is 0 Å². The van der Waals surface area contributed by atoms with Gasteiger partial charge in [-0.25, -0.2) is 27.9 Å². The number of hydrogen-bond acceptors (Lipinski definition) is 8. The first-order valence-electron chi connectivity index (χ1n) is 10.4. The Bertz CT molecular complexity index is 1200. The number of ether oxygens (including phenoxy) is 2. The number of sulfone groups is 1. The molecule has 3 heterocycles. The fourth-order valence-corrected chi connectivity index (χ4v) is 4.17. The highest BCUT2D eigenvalue weighted by Gasteiger charge is 2.26. The average Bonchev–Trinajstić information content (AvgIpc) is 3.23. The number of nitrogens with zero attached hydrogens (tertiary/aromatic N) is 5. The van der Waals surface area contributed by atoms with Crippen LogP contribution in [-0.2, 0) is 14.6 Å². The van der Waals surface area contributed by atoms with Crippen LogP contribution in [0.5, 0.6) is 5.88 Å². The van der Waals surface area contributed by atoms with E-state index in [9.17, 15) is 13.2 Å². The SMILES string of the molecule is CCCOC(=O)N1CCC(Oc2ncnc3c2cnn3-c2ccc(S(C)(=O)=O)cc2)CC1. The maximum atomic E-state index is 12.0. The minimum absolute atomic E-state index is 0.0827. The molecule has 0 unspecified atom stereocenters. The summed E-state index contributed by atoms with van der Waals surface area (Å²) in [5, 5.41) is 5.05. The van der Waals surface area contributed by atoms with Gasteiger partial charge in [0.1, 0.15) is 17.8 Å². The molecule has 1 fully saturated rings. The van der Waals surface area contributed by atoms with E-state index < -0.39 is 9.84 Å². The Morgan fingerprint density at radius 1 is 1.16 bits per heavy atom. The number of aromatic nitrogens is 4. The monoisotopic (exact) mass is 459 g/mol. The van der Waals surface area contributed by atoms with E-state index in [4.69, 9.17) is 9.47 Å². The van der Waals surface area contributed by atoms with Gasteiger partial charge in [-0.3, -0.25) is 0 Å². The Morgan fingerprint density at radius 3 is 2.53 bits per heavy atom. The number of benzene rings is 1. The van der Waals surface area contributed by atoms with Crippen molar-refractivity contribution in [1.29, 1.82) is 0 Å². The van der Waals surface area contributed by atoms with Crippen molar-refractivity contribution < 1.29 is 22.7 Å². The third-order valence-corrected chi connectivity index (χ3v) is 6.38. The van der Waals surface area contributed by atoms with Gasteiger partial charge in [-0.15, -0.1) is 0 Å². The summed E-state index contributed by atoms with van der Waals surface area (Å²) in [6.45, 7) is 3.51. The number of likely N-dealkylation sites (tertiary alicyclic amines) is 1. The van der Waals surface area contributed by atoms with Crippen molar-refractivity contribution in [3.8, 4) is 11.6 Å². The number of carbonyl (C=O) groups excluding carboxylic acids is 1. The van der Waals surface area contributed by atoms with Crippen molar-refractivity contribution in [2.45, 2.75) is 37.2 Å². The van der Waals surface area contributed by atoms with E-state index in [1.807, 2.05) is 6.92 Å². The Balaban J connectivity index is 1.48. The van der Waals surface area contributed by atoms with Gasteiger partial charge in [-0.05, 0) is 30.7 Å². The zero-order valence-corrected chi connectivity index (χ0v) is 18.8. The van der Waals surface area contributed by atoms with E-state index in [0.29, 0.717) is 55.1 Å². The van der Waals surface area contributed by atoms with Crippen molar-refractivity contribution in [3.05, 3.63) is 36.8 Å². The molecule has 11 heteroatoms. The molecule has 0 saturated carbocycles. The van der Waals surface area contributed by atoms with Crippen LogP contribution in [-0.4, -0.2) is 71.2 Å². The van der Waals surface area contributed by atoms with Crippen LogP contribution in [0, 0.1) is 0 Å². The molecule has 4 rings (SSSR count). The highest BCUT2D eigenvalue weighted by molar-refractivity contribution is 7.90. The molecule has 0 radical (unpaired) electrons. The molecular weight excluding hydrogens is 434 g/mol. The van der Waals surface area contributed by atoms with E-state index in [1.54, 1.807) is 27.9 Å². The number of carbonyl (C=O) groups is 1. The number of rotatable bonds is 6. The van der Waals surface area contributed by atoms with Crippen LogP contribution in [0.1, 0.15) is 26.2 Å². The first-order valence-corrected chi connectivity index (χ1v) is 12.3. The lowest BCUT2D eigenvalue weighted by molar-refractivity contribution is 0.0668. The van der Waals surface area contributed by atoms with Crippen LogP contribution in [0.15, 0.2) is 41.7 Å². The van der Waals surface area contributed by atoms with E-state index >= 15 is 0 Å². The summed E-state index contributed by atoms with van der Waals surface area (Å²) in [7, 11) is -3.28. The van der Waals surface area contributed by atoms with E-state index in [-0.39, 0.29) is 17.1 Å². The van der Waals surface area contributed by atoms with Crippen molar-refractivity contribution in [3.63, 3.8) is 0 Å². The summed E-state index contributed by atoms with van der Waals surface area (Å²) in [4.78, 5) is 22.5. The second-order valence-corrected chi connectivity index (χ2v) is 9.67. The van der Waals surface area contributed by atoms with Gasteiger partial charge in [0.05, 0.1) is 23.4 Å². The zero-order chi connectivity index (χ0) is 22.7. The fraction of sp³-hybridized carbons (Fsp3) is 0.429. The summed E-state index contributed by atoms with van der Waals surface area (Å²) < 4.78 is 36.3. The normalized spacial score (nSPS) is 15.1. The molecule has 2 aromatic heterocycles. The van der Waals surface area contributed by atoms with Crippen molar-refractivity contribution in [1.82, 2.24) is 24.6 Å². The molecular formula is C21H25N5O5S. The lowest BCUT2D eigenvalue weighted by atomic mass is 10.1. The van der Waals surface area contributed by atoms with Crippen molar-refractivity contribution >= 4 is 27.0 Å². The second kappa shape index (κ2) is 9.11. The Labute approximate surface area is 186 Å². The van der Waals surface area contributed by atoms with Crippen LogP contribution in [0.25, 0.3) is 16.7 Å². The molecule has 1 saturated heterocycles.